The molecule has 0 amide bonds. The third-order valence-electron chi connectivity index (χ3n) is 6.62. The van der Waals surface area contributed by atoms with E-state index < -0.39 is 0 Å². The van der Waals surface area contributed by atoms with Crippen molar-refractivity contribution in [2.75, 3.05) is 5.32 Å². The number of para-hydroxylation sites is 2. The number of nitrogens with one attached hydrogen (secondary N) is 1. The molecule has 0 atom stereocenters. The van der Waals surface area contributed by atoms with Crippen molar-refractivity contribution in [2.24, 2.45) is 0 Å². The zero-order valence-electron chi connectivity index (χ0n) is 17.0. The van der Waals surface area contributed by atoms with Gasteiger partial charge in [-0.3, -0.25) is 0 Å². The average Bonchev–Trinajstić information content (AvgIpc) is 3.21. The van der Waals surface area contributed by atoms with Gasteiger partial charge in [-0.25, -0.2) is 0 Å². The predicted molar refractivity (Wildman–Crippen MR) is 127 cm³/mol. The van der Waals surface area contributed by atoms with Gasteiger partial charge in [0.2, 0.25) is 0 Å². The molecule has 4 aromatic carbocycles. The van der Waals surface area contributed by atoms with Gasteiger partial charge < -0.3 is 9.73 Å². The first-order chi connectivity index (χ1) is 14.9. The Kier molecular flexibility index (Phi) is 4.23. The standard InChI is InChI=1S/C28H25NO/c1-3-10-19(11-4-1)23-16-9-17-24-26-22-15-8-7-12-20(22)18-25(28(26)30-27(23)24)29-21-13-5-2-6-14-21/h2,5-9,12-19,29H,1,3-4,10-11H2. The minimum Gasteiger partial charge on any atom is -0.454 e. The number of benzene rings is 4. The van der Waals surface area contributed by atoms with E-state index in [1.807, 2.05) is 6.07 Å². The Morgan fingerprint density at radius 3 is 2.33 bits per heavy atom. The molecule has 2 heteroatoms. The van der Waals surface area contributed by atoms with E-state index in [9.17, 15) is 0 Å². The third kappa shape index (κ3) is 2.87. The second-order valence-electron chi connectivity index (χ2n) is 8.50. The molecule has 1 heterocycles. The maximum Gasteiger partial charge on any atom is 0.159 e. The highest BCUT2D eigenvalue weighted by Gasteiger charge is 2.22. The van der Waals surface area contributed by atoms with Gasteiger partial charge in [0.15, 0.2) is 5.58 Å². The molecule has 1 N–H and O–H groups in total. The van der Waals surface area contributed by atoms with Crippen LogP contribution in [0.25, 0.3) is 32.7 Å². The lowest BCUT2D eigenvalue weighted by molar-refractivity contribution is 0.442. The van der Waals surface area contributed by atoms with E-state index in [1.54, 1.807) is 0 Å². The van der Waals surface area contributed by atoms with Crippen molar-refractivity contribution in [3.63, 3.8) is 0 Å². The summed E-state index contributed by atoms with van der Waals surface area (Å²) >= 11 is 0. The Bertz CT molecular complexity index is 1340. The van der Waals surface area contributed by atoms with Crippen molar-refractivity contribution in [2.45, 2.75) is 38.0 Å². The molecule has 1 aliphatic carbocycles. The summed E-state index contributed by atoms with van der Waals surface area (Å²) in [5, 5.41) is 8.55. The van der Waals surface area contributed by atoms with Gasteiger partial charge in [-0.15, -0.1) is 0 Å². The summed E-state index contributed by atoms with van der Waals surface area (Å²) in [5.74, 6) is 0.611. The fraction of sp³-hybridized carbons (Fsp3) is 0.214. The summed E-state index contributed by atoms with van der Waals surface area (Å²) in [6.07, 6.45) is 6.55. The molecule has 0 saturated heterocycles. The van der Waals surface area contributed by atoms with Crippen LogP contribution in [0, 0.1) is 0 Å². The average molecular weight is 392 g/mol. The summed E-state index contributed by atoms with van der Waals surface area (Å²) in [5.41, 5.74) is 5.52. The van der Waals surface area contributed by atoms with Gasteiger partial charge in [-0.2, -0.15) is 0 Å². The Morgan fingerprint density at radius 2 is 1.47 bits per heavy atom. The molecule has 1 saturated carbocycles. The molecule has 6 rings (SSSR count). The van der Waals surface area contributed by atoms with Crippen LogP contribution in [0.2, 0.25) is 0 Å². The first-order valence-corrected chi connectivity index (χ1v) is 11.1. The summed E-state index contributed by atoms with van der Waals surface area (Å²) in [6.45, 7) is 0. The molecule has 0 radical (unpaired) electrons. The largest absolute Gasteiger partial charge is 0.454 e. The molecule has 0 spiro atoms. The molecule has 5 aromatic rings. The van der Waals surface area contributed by atoms with Crippen molar-refractivity contribution in [1.82, 2.24) is 0 Å². The van der Waals surface area contributed by atoms with Crippen LogP contribution in [0.5, 0.6) is 0 Å². The van der Waals surface area contributed by atoms with Crippen LogP contribution in [0.3, 0.4) is 0 Å². The number of furan rings is 1. The number of hydrogen-bond acceptors (Lipinski definition) is 2. The van der Waals surface area contributed by atoms with Crippen LogP contribution >= 0.6 is 0 Å². The minimum absolute atomic E-state index is 0.611. The smallest absolute Gasteiger partial charge is 0.159 e. The van der Waals surface area contributed by atoms with E-state index in [2.05, 4.69) is 78.1 Å². The number of anilines is 2. The maximum absolute atomic E-state index is 6.69. The molecular formula is C28H25NO. The molecule has 1 aromatic heterocycles. The van der Waals surface area contributed by atoms with Gasteiger partial charge in [-0.05, 0) is 53.3 Å². The van der Waals surface area contributed by atoms with Crippen LogP contribution < -0.4 is 5.32 Å². The zero-order chi connectivity index (χ0) is 19.9. The first kappa shape index (κ1) is 17.6. The highest BCUT2D eigenvalue weighted by Crippen LogP contribution is 2.44. The monoisotopic (exact) mass is 391 g/mol. The summed E-state index contributed by atoms with van der Waals surface area (Å²) < 4.78 is 6.69. The van der Waals surface area contributed by atoms with E-state index in [-0.39, 0.29) is 0 Å². The molecule has 1 fully saturated rings. The second-order valence-corrected chi connectivity index (χ2v) is 8.50. The quantitative estimate of drug-likeness (QED) is 0.333. The maximum atomic E-state index is 6.69. The normalized spacial score (nSPS) is 15.2. The van der Waals surface area contributed by atoms with Gasteiger partial charge in [-0.1, -0.05) is 79.9 Å². The topological polar surface area (TPSA) is 25.2 Å². The Morgan fingerprint density at radius 1 is 0.700 bits per heavy atom. The molecule has 2 nitrogen and oxygen atoms in total. The van der Waals surface area contributed by atoms with Crippen LogP contribution in [-0.2, 0) is 0 Å². The van der Waals surface area contributed by atoms with Crippen molar-refractivity contribution in [1.29, 1.82) is 0 Å². The molecule has 0 unspecified atom stereocenters. The number of fused-ring (bicyclic) bond motifs is 5. The lowest BCUT2D eigenvalue weighted by Crippen LogP contribution is -2.04. The Balaban J connectivity index is 1.64. The fourth-order valence-electron chi connectivity index (χ4n) is 5.17. The predicted octanol–water partition coefficient (Wildman–Crippen LogP) is 8.53. The second kappa shape index (κ2) is 7.21. The minimum atomic E-state index is 0.611. The van der Waals surface area contributed by atoms with E-state index in [4.69, 9.17) is 4.42 Å². The van der Waals surface area contributed by atoms with Crippen LogP contribution in [-0.4, -0.2) is 0 Å². The van der Waals surface area contributed by atoms with E-state index in [0.29, 0.717) is 5.92 Å². The lowest BCUT2D eigenvalue weighted by atomic mass is 9.83. The molecule has 0 aliphatic heterocycles. The van der Waals surface area contributed by atoms with Crippen LogP contribution in [0.4, 0.5) is 11.4 Å². The molecular weight excluding hydrogens is 366 g/mol. The summed E-state index contributed by atoms with van der Waals surface area (Å²) in [4.78, 5) is 0. The summed E-state index contributed by atoms with van der Waals surface area (Å²) in [7, 11) is 0. The van der Waals surface area contributed by atoms with Crippen LogP contribution in [0.15, 0.2) is 83.3 Å². The Hall–Kier alpha value is -3.26. The summed E-state index contributed by atoms with van der Waals surface area (Å²) in [6, 6.07) is 27.9. The van der Waals surface area contributed by atoms with Crippen LogP contribution in [0.1, 0.15) is 43.6 Å². The molecule has 148 valence electrons. The zero-order valence-corrected chi connectivity index (χ0v) is 17.0. The highest BCUT2D eigenvalue weighted by atomic mass is 16.3. The molecule has 30 heavy (non-hydrogen) atoms. The first-order valence-electron chi connectivity index (χ1n) is 11.1. The van der Waals surface area contributed by atoms with E-state index in [0.717, 1.165) is 22.5 Å². The van der Waals surface area contributed by atoms with Crippen molar-refractivity contribution in [3.8, 4) is 0 Å². The third-order valence-corrected chi connectivity index (χ3v) is 6.62. The van der Waals surface area contributed by atoms with Gasteiger partial charge in [0.1, 0.15) is 5.58 Å². The molecule has 1 aliphatic rings. The number of hydrogen-bond donors (Lipinski definition) is 1. The van der Waals surface area contributed by atoms with Gasteiger partial charge in [0.05, 0.1) is 5.69 Å². The van der Waals surface area contributed by atoms with Gasteiger partial charge in [0, 0.05) is 16.5 Å². The lowest BCUT2D eigenvalue weighted by Gasteiger charge is -2.21. The molecule has 0 bridgehead atoms. The van der Waals surface area contributed by atoms with E-state index in [1.165, 1.54) is 59.2 Å². The number of rotatable bonds is 3. The van der Waals surface area contributed by atoms with Gasteiger partial charge in [0.25, 0.3) is 0 Å². The Labute approximate surface area is 176 Å². The fourth-order valence-corrected chi connectivity index (χ4v) is 5.17. The van der Waals surface area contributed by atoms with E-state index >= 15 is 0 Å². The SMILES string of the molecule is c1ccc(Nc2cc3ccccc3c3c2oc2c(C4CCCCC4)cccc23)cc1. The van der Waals surface area contributed by atoms with Gasteiger partial charge >= 0.3 is 0 Å². The van der Waals surface area contributed by atoms with Crippen molar-refractivity contribution in [3.05, 3.63) is 84.4 Å². The van der Waals surface area contributed by atoms with Crippen molar-refractivity contribution < 1.29 is 4.42 Å². The van der Waals surface area contributed by atoms with Crippen molar-refractivity contribution >= 4 is 44.1 Å². The highest BCUT2D eigenvalue weighted by molar-refractivity contribution is 6.22.